The molecule has 7 heteroatoms. The van der Waals surface area contributed by atoms with E-state index in [1.165, 1.54) is 18.0 Å². The van der Waals surface area contributed by atoms with Crippen LogP contribution in [0.3, 0.4) is 0 Å². The number of hydrogen-bond donors (Lipinski definition) is 0. The van der Waals surface area contributed by atoms with Gasteiger partial charge in [0, 0.05) is 10.5 Å². The minimum Gasteiger partial charge on any atom is -0.493 e. The Kier molecular flexibility index (Phi) is 4.64. The Morgan fingerprint density at radius 1 is 1.19 bits per heavy atom. The fourth-order valence-electron chi connectivity index (χ4n) is 1.77. The second-order valence-corrected chi connectivity index (χ2v) is 5.28. The van der Waals surface area contributed by atoms with Gasteiger partial charge in [0.2, 0.25) is 0 Å². The lowest BCUT2D eigenvalue weighted by Gasteiger charge is -2.09. The lowest BCUT2D eigenvalue weighted by Crippen LogP contribution is -1.94. The summed E-state index contributed by atoms with van der Waals surface area (Å²) in [4.78, 5) is 15.4. The molecular weight excluding hydrogens is 292 g/mol. The van der Waals surface area contributed by atoms with Crippen LogP contribution in [0.1, 0.15) is 5.56 Å². The van der Waals surface area contributed by atoms with Crippen LogP contribution in [0.2, 0.25) is 0 Å². The second kappa shape index (κ2) is 6.45. The van der Waals surface area contributed by atoms with Crippen molar-refractivity contribution >= 4 is 17.4 Å². The SMILES string of the molecule is COc1ccc(Sc2cc(C)c([N+](=O)[O-])cn2)cc1OC. The predicted molar refractivity (Wildman–Crippen MR) is 79.3 cm³/mol. The Morgan fingerprint density at radius 2 is 1.90 bits per heavy atom. The second-order valence-electron chi connectivity index (χ2n) is 4.18. The van der Waals surface area contributed by atoms with Crippen molar-refractivity contribution in [2.45, 2.75) is 16.8 Å². The summed E-state index contributed by atoms with van der Waals surface area (Å²) in [6.45, 7) is 1.69. The van der Waals surface area contributed by atoms with Crippen molar-refractivity contribution in [1.29, 1.82) is 0 Å². The largest absolute Gasteiger partial charge is 0.493 e. The van der Waals surface area contributed by atoms with Gasteiger partial charge in [-0.1, -0.05) is 11.8 Å². The Hall–Kier alpha value is -2.28. The van der Waals surface area contributed by atoms with Crippen LogP contribution in [0, 0.1) is 17.0 Å². The van der Waals surface area contributed by atoms with Crippen molar-refractivity contribution in [2.24, 2.45) is 0 Å². The van der Waals surface area contributed by atoms with Crippen LogP contribution in [0.15, 0.2) is 40.4 Å². The summed E-state index contributed by atoms with van der Waals surface area (Å²) in [5.41, 5.74) is 0.602. The summed E-state index contributed by atoms with van der Waals surface area (Å²) in [5.74, 6) is 1.27. The molecule has 0 spiro atoms. The summed E-state index contributed by atoms with van der Waals surface area (Å²) >= 11 is 1.40. The first-order valence-corrected chi connectivity index (χ1v) is 6.87. The number of aromatic nitrogens is 1. The number of nitro groups is 1. The van der Waals surface area contributed by atoms with Crippen molar-refractivity contribution in [2.75, 3.05) is 14.2 Å². The highest BCUT2D eigenvalue weighted by Gasteiger charge is 2.12. The lowest BCUT2D eigenvalue weighted by molar-refractivity contribution is -0.385. The number of methoxy groups -OCH3 is 2. The van der Waals surface area contributed by atoms with E-state index in [2.05, 4.69) is 4.98 Å². The molecule has 1 aromatic heterocycles. The molecule has 1 heterocycles. The molecule has 0 radical (unpaired) electrons. The molecule has 0 unspecified atom stereocenters. The van der Waals surface area contributed by atoms with Crippen LogP contribution in [0.4, 0.5) is 5.69 Å². The van der Waals surface area contributed by atoms with E-state index >= 15 is 0 Å². The van der Waals surface area contributed by atoms with E-state index in [0.29, 0.717) is 22.1 Å². The van der Waals surface area contributed by atoms with Crippen LogP contribution in [0.5, 0.6) is 11.5 Å². The topological polar surface area (TPSA) is 74.5 Å². The van der Waals surface area contributed by atoms with E-state index in [1.807, 2.05) is 12.1 Å². The van der Waals surface area contributed by atoms with Gasteiger partial charge in [-0.25, -0.2) is 4.98 Å². The van der Waals surface area contributed by atoms with Crippen LogP contribution in [-0.4, -0.2) is 24.1 Å². The van der Waals surface area contributed by atoms with Crippen molar-refractivity contribution in [1.82, 2.24) is 4.98 Å². The number of rotatable bonds is 5. The lowest BCUT2D eigenvalue weighted by atomic mass is 10.3. The fourth-order valence-corrected chi connectivity index (χ4v) is 2.66. The number of nitrogens with zero attached hydrogens (tertiary/aromatic N) is 2. The summed E-state index contributed by atoms with van der Waals surface area (Å²) in [6.07, 6.45) is 1.28. The van der Waals surface area contributed by atoms with E-state index in [4.69, 9.17) is 9.47 Å². The summed E-state index contributed by atoms with van der Waals surface area (Å²) in [6, 6.07) is 7.21. The molecular formula is C14H14N2O4S. The Morgan fingerprint density at radius 3 is 2.48 bits per heavy atom. The first kappa shape index (κ1) is 15.1. The maximum Gasteiger partial charge on any atom is 0.290 e. The fraction of sp³-hybridized carbons (Fsp3) is 0.214. The first-order chi connectivity index (χ1) is 10.0. The predicted octanol–water partition coefficient (Wildman–Crippen LogP) is 3.47. The smallest absolute Gasteiger partial charge is 0.290 e. The Labute approximate surface area is 126 Å². The molecule has 0 aliphatic rings. The molecule has 0 N–H and O–H groups in total. The van der Waals surface area contributed by atoms with Gasteiger partial charge in [-0.2, -0.15) is 0 Å². The first-order valence-electron chi connectivity index (χ1n) is 6.06. The zero-order valence-corrected chi connectivity index (χ0v) is 12.6. The molecule has 0 saturated carbocycles. The quantitative estimate of drug-likeness (QED) is 0.622. The van der Waals surface area contributed by atoms with Gasteiger partial charge in [0.15, 0.2) is 11.5 Å². The number of benzene rings is 1. The van der Waals surface area contributed by atoms with E-state index in [9.17, 15) is 10.1 Å². The third-order valence-corrected chi connectivity index (χ3v) is 3.75. The highest BCUT2D eigenvalue weighted by molar-refractivity contribution is 7.99. The number of aryl methyl sites for hydroxylation is 1. The average Bonchev–Trinajstić information content (AvgIpc) is 2.46. The Bertz CT molecular complexity index is 676. The van der Waals surface area contributed by atoms with Crippen LogP contribution in [-0.2, 0) is 0 Å². The molecule has 0 bridgehead atoms. The van der Waals surface area contributed by atoms with Gasteiger partial charge in [-0.3, -0.25) is 10.1 Å². The van der Waals surface area contributed by atoms with E-state index in [-0.39, 0.29) is 5.69 Å². The highest BCUT2D eigenvalue weighted by atomic mass is 32.2. The molecule has 2 aromatic rings. The monoisotopic (exact) mass is 306 g/mol. The third kappa shape index (κ3) is 3.43. The van der Waals surface area contributed by atoms with Gasteiger partial charge < -0.3 is 9.47 Å². The summed E-state index contributed by atoms with van der Waals surface area (Å²) in [5, 5.41) is 11.5. The van der Waals surface area contributed by atoms with Gasteiger partial charge in [0.25, 0.3) is 5.69 Å². The van der Waals surface area contributed by atoms with Crippen LogP contribution >= 0.6 is 11.8 Å². The molecule has 110 valence electrons. The summed E-state index contributed by atoms with van der Waals surface area (Å²) < 4.78 is 10.4. The van der Waals surface area contributed by atoms with Crippen molar-refractivity contribution in [3.05, 3.63) is 46.1 Å². The average molecular weight is 306 g/mol. The zero-order valence-electron chi connectivity index (χ0n) is 11.8. The van der Waals surface area contributed by atoms with Crippen LogP contribution < -0.4 is 9.47 Å². The molecule has 1 aromatic carbocycles. The molecule has 21 heavy (non-hydrogen) atoms. The van der Waals surface area contributed by atoms with E-state index in [0.717, 1.165) is 4.90 Å². The van der Waals surface area contributed by atoms with Gasteiger partial charge >= 0.3 is 0 Å². The van der Waals surface area contributed by atoms with Crippen molar-refractivity contribution in [3.63, 3.8) is 0 Å². The molecule has 0 amide bonds. The van der Waals surface area contributed by atoms with Gasteiger partial charge in [0.1, 0.15) is 11.2 Å². The van der Waals surface area contributed by atoms with Gasteiger partial charge in [0.05, 0.1) is 19.1 Å². The van der Waals surface area contributed by atoms with Crippen molar-refractivity contribution in [3.8, 4) is 11.5 Å². The van der Waals surface area contributed by atoms with Crippen molar-refractivity contribution < 1.29 is 14.4 Å². The molecule has 0 aliphatic heterocycles. The molecule has 0 saturated heterocycles. The van der Waals surface area contributed by atoms with Crippen LogP contribution in [0.25, 0.3) is 0 Å². The molecule has 2 rings (SSSR count). The third-order valence-electron chi connectivity index (χ3n) is 2.83. The minimum absolute atomic E-state index is 0.0201. The number of pyridine rings is 1. The highest BCUT2D eigenvalue weighted by Crippen LogP contribution is 2.35. The maximum atomic E-state index is 10.8. The Balaban J connectivity index is 2.26. The zero-order chi connectivity index (χ0) is 15.4. The van der Waals surface area contributed by atoms with E-state index in [1.54, 1.807) is 33.3 Å². The van der Waals surface area contributed by atoms with Gasteiger partial charge in [-0.05, 0) is 31.2 Å². The molecule has 0 aliphatic carbocycles. The number of hydrogen-bond acceptors (Lipinski definition) is 6. The molecule has 6 nitrogen and oxygen atoms in total. The number of ether oxygens (including phenoxy) is 2. The summed E-state index contributed by atoms with van der Waals surface area (Å²) in [7, 11) is 3.15. The van der Waals surface area contributed by atoms with E-state index < -0.39 is 4.92 Å². The minimum atomic E-state index is -0.437. The molecule has 0 atom stereocenters. The standard InChI is InChI=1S/C14H14N2O4S/c1-9-6-14(15-8-11(9)16(17)18)21-10-4-5-12(19-2)13(7-10)20-3/h4-8H,1-3H3. The maximum absolute atomic E-state index is 10.8. The molecule has 0 fully saturated rings. The van der Waals surface area contributed by atoms with Gasteiger partial charge in [-0.15, -0.1) is 0 Å². The normalized spacial score (nSPS) is 10.2.